The Morgan fingerprint density at radius 2 is 1.89 bits per heavy atom. The predicted molar refractivity (Wildman–Crippen MR) is 64.0 cm³/mol. The molecule has 5 heteroatoms. The molecule has 0 aromatic heterocycles. The molecule has 98 valence electrons. The van der Waals surface area contributed by atoms with Crippen molar-refractivity contribution in [1.82, 2.24) is 0 Å². The van der Waals surface area contributed by atoms with Gasteiger partial charge in [-0.15, -0.1) is 0 Å². The van der Waals surface area contributed by atoms with E-state index in [2.05, 4.69) is 0 Å². The molecular formula is C13H16O5. The van der Waals surface area contributed by atoms with E-state index in [9.17, 15) is 9.90 Å². The van der Waals surface area contributed by atoms with E-state index in [1.165, 1.54) is 6.92 Å². The van der Waals surface area contributed by atoms with E-state index in [0.717, 1.165) is 5.56 Å². The van der Waals surface area contributed by atoms with Crippen LogP contribution < -0.4 is 9.47 Å². The van der Waals surface area contributed by atoms with Gasteiger partial charge in [0.25, 0.3) is 0 Å². The molecule has 0 saturated heterocycles. The lowest BCUT2D eigenvalue weighted by molar-refractivity contribution is -0.142. The third-order valence-corrected chi connectivity index (χ3v) is 2.96. The van der Waals surface area contributed by atoms with Crippen molar-refractivity contribution in [2.75, 3.05) is 13.2 Å². The van der Waals surface area contributed by atoms with Crippen molar-refractivity contribution in [2.45, 2.75) is 25.9 Å². The van der Waals surface area contributed by atoms with E-state index >= 15 is 0 Å². The van der Waals surface area contributed by atoms with Gasteiger partial charge in [-0.1, -0.05) is 0 Å². The van der Waals surface area contributed by atoms with Crippen molar-refractivity contribution in [3.8, 4) is 11.5 Å². The van der Waals surface area contributed by atoms with Gasteiger partial charge in [-0.3, -0.25) is 4.79 Å². The predicted octanol–water partition coefficient (Wildman–Crippen LogP) is 1.45. The van der Waals surface area contributed by atoms with Crippen LogP contribution in [-0.4, -0.2) is 29.4 Å². The lowest BCUT2D eigenvalue weighted by Gasteiger charge is -2.27. The van der Waals surface area contributed by atoms with Gasteiger partial charge in [0.15, 0.2) is 11.5 Å². The topological polar surface area (TPSA) is 76.0 Å². The maximum absolute atomic E-state index is 10.8. The molecule has 1 aliphatic rings. The van der Waals surface area contributed by atoms with E-state index in [1.807, 2.05) is 6.92 Å². The maximum atomic E-state index is 10.8. The van der Waals surface area contributed by atoms with Gasteiger partial charge in [0.05, 0.1) is 12.0 Å². The molecule has 0 spiro atoms. The van der Waals surface area contributed by atoms with Gasteiger partial charge in [-0.2, -0.15) is 0 Å². The molecule has 1 aromatic rings. The van der Waals surface area contributed by atoms with Crippen LogP contribution in [0.2, 0.25) is 0 Å². The van der Waals surface area contributed by atoms with Crippen molar-refractivity contribution >= 4 is 5.97 Å². The van der Waals surface area contributed by atoms with E-state index < -0.39 is 11.6 Å². The zero-order valence-electron chi connectivity index (χ0n) is 10.4. The van der Waals surface area contributed by atoms with Crippen LogP contribution in [0.5, 0.6) is 11.5 Å². The van der Waals surface area contributed by atoms with Gasteiger partial charge in [-0.05, 0) is 37.1 Å². The Kier molecular flexibility index (Phi) is 3.17. The minimum atomic E-state index is -1.42. The number of aryl methyl sites for hydroxylation is 1. The van der Waals surface area contributed by atoms with Crippen LogP contribution in [0.1, 0.15) is 24.5 Å². The van der Waals surface area contributed by atoms with E-state index in [0.29, 0.717) is 30.3 Å². The molecule has 5 nitrogen and oxygen atoms in total. The number of hydrogen-bond donors (Lipinski definition) is 2. The molecule has 18 heavy (non-hydrogen) atoms. The summed E-state index contributed by atoms with van der Waals surface area (Å²) in [6.07, 6.45) is -0.354. The second-order valence-electron chi connectivity index (χ2n) is 4.66. The van der Waals surface area contributed by atoms with Crippen LogP contribution in [0, 0.1) is 6.92 Å². The maximum Gasteiger partial charge on any atom is 0.306 e. The Morgan fingerprint density at radius 3 is 2.44 bits per heavy atom. The first kappa shape index (κ1) is 12.7. The molecule has 1 aromatic carbocycles. The van der Waals surface area contributed by atoms with Crippen LogP contribution in [-0.2, 0) is 10.4 Å². The highest BCUT2D eigenvalue weighted by Gasteiger charge is 2.30. The van der Waals surface area contributed by atoms with Crippen LogP contribution in [0.25, 0.3) is 0 Å². The first-order valence-corrected chi connectivity index (χ1v) is 5.75. The zero-order valence-corrected chi connectivity index (χ0v) is 10.4. The third kappa shape index (κ3) is 2.41. The fourth-order valence-electron chi connectivity index (χ4n) is 2.16. The second kappa shape index (κ2) is 4.49. The summed E-state index contributed by atoms with van der Waals surface area (Å²) < 4.78 is 10.9. The Bertz CT molecular complexity index is 479. The average molecular weight is 252 g/mol. The van der Waals surface area contributed by atoms with E-state index in [4.69, 9.17) is 14.6 Å². The quantitative estimate of drug-likeness (QED) is 0.851. The number of benzene rings is 1. The number of aliphatic hydroxyl groups is 1. The summed E-state index contributed by atoms with van der Waals surface area (Å²) in [5.41, 5.74) is -0.0918. The minimum absolute atomic E-state index is 0.354. The highest BCUT2D eigenvalue weighted by molar-refractivity contribution is 5.69. The van der Waals surface area contributed by atoms with Crippen molar-refractivity contribution in [2.24, 2.45) is 0 Å². The fourth-order valence-corrected chi connectivity index (χ4v) is 2.16. The Balaban J connectivity index is 2.41. The Labute approximate surface area is 105 Å². The van der Waals surface area contributed by atoms with Crippen molar-refractivity contribution in [3.63, 3.8) is 0 Å². The highest BCUT2D eigenvalue weighted by atomic mass is 16.6. The molecule has 0 fully saturated rings. The van der Waals surface area contributed by atoms with Gasteiger partial charge in [0.2, 0.25) is 0 Å². The number of ether oxygens (including phenoxy) is 2. The van der Waals surface area contributed by atoms with Gasteiger partial charge >= 0.3 is 5.97 Å². The Hall–Kier alpha value is -1.75. The van der Waals surface area contributed by atoms with Crippen molar-refractivity contribution < 1.29 is 24.5 Å². The lowest BCUT2D eigenvalue weighted by atomic mass is 9.88. The largest absolute Gasteiger partial charge is 0.486 e. The van der Waals surface area contributed by atoms with Gasteiger partial charge in [0.1, 0.15) is 13.2 Å². The molecular weight excluding hydrogens is 236 g/mol. The summed E-state index contributed by atoms with van der Waals surface area (Å²) in [5, 5.41) is 19.1. The molecule has 0 aliphatic carbocycles. The molecule has 2 N–H and O–H groups in total. The summed E-state index contributed by atoms with van der Waals surface area (Å²) >= 11 is 0. The van der Waals surface area contributed by atoms with Crippen molar-refractivity contribution in [1.29, 1.82) is 0 Å². The van der Waals surface area contributed by atoms with Crippen LogP contribution in [0.15, 0.2) is 12.1 Å². The van der Waals surface area contributed by atoms with E-state index in [-0.39, 0.29) is 6.42 Å². The lowest BCUT2D eigenvalue weighted by Crippen LogP contribution is -2.27. The smallest absolute Gasteiger partial charge is 0.306 e. The summed E-state index contributed by atoms with van der Waals surface area (Å²) in [6.45, 7) is 4.25. The van der Waals surface area contributed by atoms with Gasteiger partial charge in [-0.25, -0.2) is 0 Å². The molecule has 1 aliphatic heterocycles. The molecule has 0 bridgehead atoms. The number of aliphatic carboxylic acids is 1. The molecule has 0 amide bonds. The first-order chi connectivity index (χ1) is 8.40. The Morgan fingerprint density at radius 1 is 1.33 bits per heavy atom. The summed E-state index contributed by atoms with van der Waals surface area (Å²) in [7, 11) is 0. The molecule has 0 radical (unpaired) electrons. The number of hydrogen-bond acceptors (Lipinski definition) is 4. The SMILES string of the molecule is Cc1cc2c(cc1C(C)(O)CC(=O)O)OCCO2. The standard InChI is InChI=1S/C13H16O5/c1-8-5-10-11(18-4-3-17-10)6-9(8)13(2,16)7-12(14)15/h5-6,16H,3-4,7H2,1-2H3,(H,14,15). The normalized spacial score (nSPS) is 17.1. The molecule has 1 heterocycles. The van der Waals surface area contributed by atoms with Crippen LogP contribution in [0.4, 0.5) is 0 Å². The number of fused-ring (bicyclic) bond motifs is 1. The van der Waals surface area contributed by atoms with Crippen LogP contribution in [0.3, 0.4) is 0 Å². The van der Waals surface area contributed by atoms with E-state index in [1.54, 1.807) is 12.1 Å². The highest BCUT2D eigenvalue weighted by Crippen LogP contribution is 2.37. The van der Waals surface area contributed by atoms with Crippen LogP contribution >= 0.6 is 0 Å². The summed E-state index contributed by atoms with van der Waals surface area (Å²) in [6, 6.07) is 3.42. The average Bonchev–Trinajstić information content (AvgIpc) is 2.26. The number of carbonyl (C=O) groups is 1. The third-order valence-electron chi connectivity index (χ3n) is 2.96. The number of carboxylic acids is 1. The summed E-state index contributed by atoms with van der Waals surface area (Å²) in [4.78, 5) is 10.8. The number of carboxylic acid groups (broad SMARTS) is 1. The molecule has 1 unspecified atom stereocenters. The fraction of sp³-hybridized carbons (Fsp3) is 0.462. The molecule has 2 rings (SSSR count). The second-order valence-corrected chi connectivity index (χ2v) is 4.66. The minimum Gasteiger partial charge on any atom is -0.486 e. The summed E-state index contributed by atoms with van der Waals surface area (Å²) in [5.74, 6) is 0.135. The molecule has 0 saturated carbocycles. The monoisotopic (exact) mass is 252 g/mol. The zero-order chi connectivity index (χ0) is 13.3. The first-order valence-electron chi connectivity index (χ1n) is 5.75. The molecule has 1 atom stereocenters. The van der Waals surface area contributed by atoms with Gasteiger partial charge < -0.3 is 19.7 Å². The van der Waals surface area contributed by atoms with Crippen molar-refractivity contribution in [3.05, 3.63) is 23.3 Å². The number of rotatable bonds is 3. The van der Waals surface area contributed by atoms with Gasteiger partial charge in [0, 0.05) is 0 Å².